The van der Waals surface area contributed by atoms with Crippen LogP contribution in [0.25, 0.3) is 0 Å². The van der Waals surface area contributed by atoms with E-state index in [1.54, 1.807) is 55.1 Å². The zero-order valence-electron chi connectivity index (χ0n) is 37.4. The Labute approximate surface area is 409 Å². The van der Waals surface area contributed by atoms with Gasteiger partial charge in [0.25, 0.3) is 0 Å². The van der Waals surface area contributed by atoms with Crippen molar-refractivity contribution in [3.8, 4) is 0 Å². The number of carbonyl (C=O) groups is 4. The molecule has 23 heteroatoms. The number of ether oxygens (including phenoxy) is 2. The van der Waals surface area contributed by atoms with E-state index in [-0.39, 0.29) is 48.1 Å². The van der Waals surface area contributed by atoms with E-state index < -0.39 is 11.9 Å². The number of carbonyl (C=O) groups excluding carboxylic acids is 4. The molecule has 2 aromatic heterocycles. The fourth-order valence-electron chi connectivity index (χ4n) is 7.34. The normalized spacial score (nSPS) is 15.1. The summed E-state index contributed by atoms with van der Waals surface area (Å²) >= 11 is 24.5. The molecular formula is C44H53Cl4N13O6. The number of esters is 2. The molecule has 0 aliphatic carbocycles. The SMILES string of the molecule is C=CC(=O)N1CCN(c2nnc(C(=O)OCC)c(NCc3ccc(Cl)cc3Cl)n2)CC1.CCOC(=O)c1nnc(N2CCN(C(=O)CCN3CCCC3)CC2)nc1NCc1ccc(Cl)cc1Cl. The van der Waals surface area contributed by atoms with Gasteiger partial charge >= 0.3 is 11.9 Å². The van der Waals surface area contributed by atoms with Crippen molar-refractivity contribution < 1.29 is 28.7 Å². The number of nitrogens with one attached hydrogen (secondary N) is 2. The Morgan fingerprint density at radius 1 is 0.642 bits per heavy atom. The largest absolute Gasteiger partial charge is 0.461 e. The van der Waals surface area contributed by atoms with Crippen LogP contribution in [0.1, 0.15) is 65.2 Å². The second kappa shape index (κ2) is 25.0. The van der Waals surface area contributed by atoms with E-state index in [0.717, 1.165) is 30.8 Å². The minimum atomic E-state index is -0.625. The van der Waals surface area contributed by atoms with E-state index in [9.17, 15) is 19.2 Å². The Balaban J connectivity index is 0.000000224. The molecule has 3 fully saturated rings. The molecule has 0 saturated carbocycles. The first kappa shape index (κ1) is 50.8. The van der Waals surface area contributed by atoms with Crippen molar-refractivity contribution >= 4 is 93.7 Å². The van der Waals surface area contributed by atoms with Gasteiger partial charge in [-0.2, -0.15) is 9.97 Å². The Morgan fingerprint density at radius 2 is 1.09 bits per heavy atom. The quantitative estimate of drug-likeness (QED) is 0.0990. The molecule has 0 spiro atoms. The van der Waals surface area contributed by atoms with Crippen molar-refractivity contribution in [3.63, 3.8) is 0 Å². The van der Waals surface area contributed by atoms with E-state index in [0.29, 0.717) is 104 Å². The van der Waals surface area contributed by atoms with Crippen molar-refractivity contribution in [1.29, 1.82) is 0 Å². The van der Waals surface area contributed by atoms with Gasteiger partial charge in [-0.3, -0.25) is 9.59 Å². The van der Waals surface area contributed by atoms with Gasteiger partial charge in [-0.05, 0) is 81.2 Å². The number of piperazine rings is 2. The first-order valence-corrected chi connectivity index (χ1v) is 23.5. The van der Waals surface area contributed by atoms with Crippen LogP contribution in [0.2, 0.25) is 20.1 Å². The minimum absolute atomic E-state index is 0.00131. The molecule has 0 radical (unpaired) electrons. The summed E-state index contributed by atoms with van der Waals surface area (Å²) in [6.45, 7) is 15.4. The van der Waals surface area contributed by atoms with E-state index in [4.69, 9.17) is 55.9 Å². The number of hydrogen-bond acceptors (Lipinski definition) is 17. The predicted molar refractivity (Wildman–Crippen MR) is 257 cm³/mol. The van der Waals surface area contributed by atoms with Crippen LogP contribution in [0.4, 0.5) is 23.5 Å². The average molecular weight is 1000 g/mol. The summed E-state index contributed by atoms with van der Waals surface area (Å²) in [7, 11) is 0. The van der Waals surface area contributed by atoms with Gasteiger partial charge in [0.05, 0.1) is 13.2 Å². The van der Waals surface area contributed by atoms with E-state index >= 15 is 0 Å². The molecule has 0 bridgehead atoms. The van der Waals surface area contributed by atoms with Gasteiger partial charge in [0.1, 0.15) is 0 Å². The summed E-state index contributed by atoms with van der Waals surface area (Å²) in [5.41, 5.74) is 1.55. The molecular weight excluding hydrogens is 948 g/mol. The molecule has 358 valence electrons. The zero-order chi connectivity index (χ0) is 47.9. The third kappa shape index (κ3) is 14.2. The number of rotatable bonds is 16. The maximum atomic E-state index is 12.7. The van der Waals surface area contributed by atoms with Crippen LogP contribution in [0.3, 0.4) is 0 Å². The third-order valence-electron chi connectivity index (χ3n) is 11.0. The van der Waals surface area contributed by atoms with Gasteiger partial charge in [0.15, 0.2) is 11.6 Å². The standard InChI is InChI=1S/C24H31Cl2N7O3.C20H22Cl2N6O3/c1-2-36-23(35)21-22(27-16-17-5-6-18(25)15-19(17)26)28-24(30-29-21)33-13-11-32(12-14-33)20(34)7-10-31-8-3-4-9-31;1-3-16(29)27-7-9-28(10-8-27)20-24-18(17(25-26-20)19(30)31-4-2)23-12-13-5-6-14(21)11-15(13)22/h5-6,15H,2-4,7-14,16H2,1H3,(H,27,28,30);3,5-6,11H,1,4,7-10,12H2,2H3,(H,23,24,26). The third-order valence-corrected chi connectivity index (χ3v) is 12.2. The highest BCUT2D eigenvalue weighted by molar-refractivity contribution is 6.35. The lowest BCUT2D eigenvalue weighted by molar-refractivity contribution is -0.131. The Hall–Kier alpha value is -5.60. The lowest BCUT2D eigenvalue weighted by atomic mass is 10.2. The van der Waals surface area contributed by atoms with Gasteiger partial charge in [0, 0.05) is 98.5 Å². The summed E-state index contributed by atoms with van der Waals surface area (Å²) in [6.07, 6.45) is 4.29. The molecule has 2 aromatic carbocycles. The summed E-state index contributed by atoms with van der Waals surface area (Å²) in [6, 6.07) is 10.4. The van der Waals surface area contributed by atoms with Crippen LogP contribution in [-0.2, 0) is 32.2 Å². The average Bonchev–Trinajstić information content (AvgIpc) is 3.87. The first-order valence-electron chi connectivity index (χ1n) is 22.0. The molecule has 67 heavy (non-hydrogen) atoms. The molecule has 3 aliphatic rings. The molecule has 3 saturated heterocycles. The smallest absolute Gasteiger partial charge is 0.362 e. The topological polar surface area (TPSA) is 204 Å². The van der Waals surface area contributed by atoms with Gasteiger partial charge < -0.3 is 44.6 Å². The van der Waals surface area contributed by atoms with Crippen molar-refractivity contribution in [2.24, 2.45) is 0 Å². The van der Waals surface area contributed by atoms with Gasteiger partial charge in [0.2, 0.25) is 35.1 Å². The molecule has 0 unspecified atom stereocenters. The zero-order valence-corrected chi connectivity index (χ0v) is 40.4. The number of amides is 2. The highest BCUT2D eigenvalue weighted by Crippen LogP contribution is 2.25. The fourth-order valence-corrected chi connectivity index (χ4v) is 8.29. The van der Waals surface area contributed by atoms with Gasteiger partial charge in [-0.25, -0.2) is 9.59 Å². The first-order chi connectivity index (χ1) is 32.4. The molecule has 4 aromatic rings. The Morgan fingerprint density at radius 3 is 1.51 bits per heavy atom. The number of aromatic nitrogens is 6. The molecule has 2 amide bonds. The monoisotopic (exact) mass is 999 g/mol. The van der Waals surface area contributed by atoms with Crippen LogP contribution in [0.15, 0.2) is 49.1 Å². The van der Waals surface area contributed by atoms with Crippen LogP contribution in [0.5, 0.6) is 0 Å². The second-order valence-corrected chi connectivity index (χ2v) is 17.1. The fraction of sp³-hybridized carbons (Fsp3) is 0.455. The van der Waals surface area contributed by atoms with Crippen molar-refractivity contribution in [1.82, 2.24) is 45.1 Å². The Kier molecular flexibility index (Phi) is 18.9. The van der Waals surface area contributed by atoms with Crippen molar-refractivity contribution in [3.05, 3.63) is 91.7 Å². The van der Waals surface area contributed by atoms with Gasteiger partial charge in [-0.15, -0.1) is 20.4 Å². The number of anilines is 4. The van der Waals surface area contributed by atoms with E-state index in [2.05, 4.69) is 52.5 Å². The van der Waals surface area contributed by atoms with Gasteiger partial charge in [-0.1, -0.05) is 65.1 Å². The van der Waals surface area contributed by atoms with Crippen molar-refractivity contribution in [2.75, 3.05) is 106 Å². The van der Waals surface area contributed by atoms with Crippen LogP contribution in [0, 0.1) is 0 Å². The number of likely N-dealkylation sites (tertiary alicyclic amines) is 1. The lowest BCUT2D eigenvalue weighted by Crippen LogP contribution is -2.49. The Bertz CT molecular complexity index is 2380. The predicted octanol–water partition coefficient (Wildman–Crippen LogP) is 5.90. The molecule has 0 atom stereocenters. The number of nitrogens with zero attached hydrogens (tertiary/aromatic N) is 11. The minimum Gasteiger partial charge on any atom is -0.461 e. The van der Waals surface area contributed by atoms with Crippen LogP contribution in [-0.4, -0.2) is 154 Å². The summed E-state index contributed by atoms with van der Waals surface area (Å²) in [5, 5.41) is 24.7. The van der Waals surface area contributed by atoms with Crippen molar-refractivity contribution in [2.45, 2.75) is 46.2 Å². The maximum absolute atomic E-state index is 12.7. The molecule has 7 rings (SSSR count). The van der Waals surface area contributed by atoms with E-state index in [1.807, 2.05) is 14.7 Å². The molecule has 5 heterocycles. The van der Waals surface area contributed by atoms with Crippen LogP contribution < -0.4 is 20.4 Å². The number of hydrogen-bond donors (Lipinski definition) is 2. The van der Waals surface area contributed by atoms with E-state index in [1.165, 1.54) is 18.9 Å². The highest BCUT2D eigenvalue weighted by atomic mass is 35.5. The molecule has 19 nitrogen and oxygen atoms in total. The summed E-state index contributed by atoms with van der Waals surface area (Å²) in [4.78, 5) is 68.1. The summed E-state index contributed by atoms with van der Waals surface area (Å²) in [5.74, 6) is 0.0642. The molecule has 3 aliphatic heterocycles. The highest BCUT2D eigenvalue weighted by Gasteiger charge is 2.27. The number of benzene rings is 2. The maximum Gasteiger partial charge on any atom is 0.362 e. The number of halogens is 4. The lowest BCUT2D eigenvalue weighted by Gasteiger charge is -2.35. The summed E-state index contributed by atoms with van der Waals surface area (Å²) < 4.78 is 10.2. The molecule has 2 N–H and O–H groups in total. The second-order valence-electron chi connectivity index (χ2n) is 15.4. The van der Waals surface area contributed by atoms with Crippen LogP contribution >= 0.6 is 46.4 Å².